The van der Waals surface area contributed by atoms with Gasteiger partial charge in [-0.2, -0.15) is 0 Å². The minimum atomic E-state index is 0.245. The second kappa shape index (κ2) is 7.06. The smallest absolute Gasteiger partial charge is 0.0445 e. The number of rotatable bonds is 6. The van der Waals surface area contributed by atoms with Crippen molar-refractivity contribution >= 4 is 0 Å². The lowest BCUT2D eigenvalue weighted by Crippen LogP contribution is -2.36. The van der Waals surface area contributed by atoms with Crippen molar-refractivity contribution in [1.82, 2.24) is 5.32 Å². The Morgan fingerprint density at radius 1 is 1.00 bits per heavy atom. The first-order chi connectivity index (χ1) is 8.86. The molecule has 0 spiro atoms. The first kappa shape index (κ1) is 16.2. The second-order valence-electron chi connectivity index (χ2n) is 6.04. The molecule has 0 aromatic heterocycles. The van der Waals surface area contributed by atoms with E-state index in [9.17, 15) is 0 Å². The monoisotopic (exact) mass is 263 g/mol. The van der Waals surface area contributed by atoms with Gasteiger partial charge in [0.1, 0.15) is 0 Å². The Balaban J connectivity index is 2.87. The highest BCUT2D eigenvalue weighted by atomic mass is 16.3. The Labute approximate surface area is 118 Å². The summed E-state index contributed by atoms with van der Waals surface area (Å²) >= 11 is 0. The largest absolute Gasteiger partial charge is 0.396 e. The van der Waals surface area contributed by atoms with Crippen molar-refractivity contribution in [3.05, 3.63) is 34.4 Å². The molecule has 0 saturated heterocycles. The SMILES string of the molecule is Cc1cc(C)c(C(C)NC(CCO)C(C)C)cc1C. The molecule has 0 radical (unpaired) electrons. The molecule has 2 heteroatoms. The highest BCUT2D eigenvalue weighted by Crippen LogP contribution is 2.23. The summed E-state index contributed by atoms with van der Waals surface area (Å²) in [5.41, 5.74) is 5.41. The van der Waals surface area contributed by atoms with Gasteiger partial charge in [-0.1, -0.05) is 26.0 Å². The van der Waals surface area contributed by atoms with Gasteiger partial charge in [-0.15, -0.1) is 0 Å². The molecule has 0 aliphatic rings. The van der Waals surface area contributed by atoms with Crippen LogP contribution in [0.1, 0.15) is 55.5 Å². The van der Waals surface area contributed by atoms with Crippen molar-refractivity contribution in [2.45, 2.75) is 60.0 Å². The first-order valence-electron chi connectivity index (χ1n) is 7.31. The fourth-order valence-electron chi connectivity index (χ4n) is 2.61. The van der Waals surface area contributed by atoms with Gasteiger partial charge in [0.15, 0.2) is 0 Å². The molecule has 108 valence electrons. The summed E-state index contributed by atoms with van der Waals surface area (Å²) in [6.45, 7) is 13.4. The molecule has 2 atom stereocenters. The van der Waals surface area contributed by atoms with Gasteiger partial charge >= 0.3 is 0 Å². The Morgan fingerprint density at radius 3 is 2.11 bits per heavy atom. The first-order valence-corrected chi connectivity index (χ1v) is 7.31. The van der Waals surface area contributed by atoms with Crippen LogP contribution in [0, 0.1) is 26.7 Å². The van der Waals surface area contributed by atoms with Crippen LogP contribution in [-0.4, -0.2) is 17.8 Å². The quantitative estimate of drug-likeness (QED) is 0.821. The Kier molecular flexibility index (Phi) is 6.02. The van der Waals surface area contributed by atoms with Gasteiger partial charge in [-0.25, -0.2) is 0 Å². The molecule has 2 N–H and O–H groups in total. The van der Waals surface area contributed by atoms with Crippen molar-refractivity contribution in [1.29, 1.82) is 0 Å². The zero-order valence-electron chi connectivity index (χ0n) is 13.2. The summed E-state index contributed by atoms with van der Waals surface area (Å²) in [4.78, 5) is 0. The van der Waals surface area contributed by atoms with Gasteiger partial charge in [0, 0.05) is 18.7 Å². The summed E-state index contributed by atoms with van der Waals surface area (Å²) in [5, 5.41) is 12.8. The average Bonchev–Trinajstić information content (AvgIpc) is 2.32. The number of benzene rings is 1. The highest BCUT2D eigenvalue weighted by molar-refractivity contribution is 5.38. The van der Waals surface area contributed by atoms with Crippen LogP contribution in [0.25, 0.3) is 0 Å². The van der Waals surface area contributed by atoms with Crippen LogP contribution in [-0.2, 0) is 0 Å². The van der Waals surface area contributed by atoms with E-state index in [1.807, 2.05) is 0 Å². The summed E-state index contributed by atoms with van der Waals surface area (Å²) in [6, 6.07) is 5.23. The van der Waals surface area contributed by atoms with E-state index in [1.54, 1.807) is 0 Å². The summed E-state index contributed by atoms with van der Waals surface area (Å²) < 4.78 is 0. The number of nitrogens with one attached hydrogen (secondary N) is 1. The summed E-state index contributed by atoms with van der Waals surface area (Å²) in [6.07, 6.45) is 0.811. The molecule has 19 heavy (non-hydrogen) atoms. The molecule has 1 rings (SSSR count). The molecule has 2 nitrogen and oxygen atoms in total. The average molecular weight is 263 g/mol. The lowest BCUT2D eigenvalue weighted by molar-refractivity contribution is 0.237. The van der Waals surface area contributed by atoms with Crippen molar-refractivity contribution in [2.24, 2.45) is 5.92 Å². The molecule has 1 aromatic rings. The lowest BCUT2D eigenvalue weighted by Gasteiger charge is -2.27. The molecule has 0 aliphatic heterocycles. The summed E-state index contributed by atoms with van der Waals surface area (Å²) in [7, 11) is 0. The molecule has 0 saturated carbocycles. The highest BCUT2D eigenvalue weighted by Gasteiger charge is 2.17. The molecule has 0 amide bonds. The van der Waals surface area contributed by atoms with Crippen LogP contribution in [0.2, 0.25) is 0 Å². The van der Waals surface area contributed by atoms with Crippen molar-refractivity contribution in [2.75, 3.05) is 6.61 Å². The molecule has 2 unspecified atom stereocenters. The maximum Gasteiger partial charge on any atom is 0.0445 e. The third-order valence-electron chi connectivity index (χ3n) is 4.06. The van der Waals surface area contributed by atoms with Crippen LogP contribution in [0.5, 0.6) is 0 Å². The third kappa shape index (κ3) is 4.32. The molecular weight excluding hydrogens is 234 g/mol. The Bertz CT molecular complexity index is 412. The number of aliphatic hydroxyl groups excluding tert-OH is 1. The van der Waals surface area contributed by atoms with Crippen molar-refractivity contribution in [3.63, 3.8) is 0 Å². The van der Waals surface area contributed by atoms with E-state index >= 15 is 0 Å². The van der Waals surface area contributed by atoms with E-state index in [2.05, 4.69) is 59.0 Å². The normalized spacial score (nSPS) is 14.7. The Hall–Kier alpha value is -0.860. The van der Waals surface area contributed by atoms with Gasteiger partial charge in [0.2, 0.25) is 0 Å². The number of hydrogen-bond acceptors (Lipinski definition) is 2. The standard InChI is InChI=1S/C17H29NO/c1-11(2)17(7-8-19)18-15(6)16-10-13(4)12(3)9-14(16)5/h9-11,15,17-19H,7-8H2,1-6H3. The van der Waals surface area contributed by atoms with E-state index < -0.39 is 0 Å². The zero-order valence-corrected chi connectivity index (χ0v) is 13.2. The minimum Gasteiger partial charge on any atom is -0.396 e. The third-order valence-corrected chi connectivity index (χ3v) is 4.06. The lowest BCUT2D eigenvalue weighted by atomic mass is 9.94. The van der Waals surface area contributed by atoms with Gasteiger partial charge in [-0.3, -0.25) is 0 Å². The van der Waals surface area contributed by atoms with Crippen LogP contribution in [0.15, 0.2) is 12.1 Å². The van der Waals surface area contributed by atoms with E-state index in [4.69, 9.17) is 5.11 Å². The van der Waals surface area contributed by atoms with Crippen LogP contribution in [0.3, 0.4) is 0 Å². The molecule has 0 fully saturated rings. The van der Waals surface area contributed by atoms with Gasteiger partial charge in [0.05, 0.1) is 0 Å². The molecular formula is C17H29NO. The van der Waals surface area contributed by atoms with Gasteiger partial charge < -0.3 is 10.4 Å². The number of aliphatic hydroxyl groups is 1. The van der Waals surface area contributed by atoms with E-state index in [1.165, 1.54) is 22.3 Å². The maximum atomic E-state index is 9.16. The fourth-order valence-corrected chi connectivity index (χ4v) is 2.61. The van der Waals surface area contributed by atoms with Gasteiger partial charge in [0.25, 0.3) is 0 Å². The van der Waals surface area contributed by atoms with E-state index in [-0.39, 0.29) is 6.61 Å². The second-order valence-corrected chi connectivity index (χ2v) is 6.04. The topological polar surface area (TPSA) is 32.3 Å². The predicted octanol–water partition coefficient (Wildman–Crippen LogP) is 3.67. The minimum absolute atomic E-state index is 0.245. The molecule has 0 bridgehead atoms. The fraction of sp³-hybridized carbons (Fsp3) is 0.647. The molecule has 0 heterocycles. The molecule has 1 aromatic carbocycles. The van der Waals surface area contributed by atoms with Crippen LogP contribution >= 0.6 is 0 Å². The predicted molar refractivity (Wildman–Crippen MR) is 82.5 cm³/mol. The van der Waals surface area contributed by atoms with E-state index in [0.29, 0.717) is 18.0 Å². The van der Waals surface area contributed by atoms with Gasteiger partial charge in [-0.05, 0) is 62.3 Å². The van der Waals surface area contributed by atoms with Crippen molar-refractivity contribution in [3.8, 4) is 0 Å². The maximum absolute atomic E-state index is 9.16. The summed E-state index contributed by atoms with van der Waals surface area (Å²) in [5.74, 6) is 0.529. The van der Waals surface area contributed by atoms with Crippen molar-refractivity contribution < 1.29 is 5.11 Å². The number of hydrogen-bond donors (Lipinski definition) is 2. The van der Waals surface area contributed by atoms with Crippen LogP contribution in [0.4, 0.5) is 0 Å². The van der Waals surface area contributed by atoms with E-state index in [0.717, 1.165) is 6.42 Å². The molecule has 0 aliphatic carbocycles. The number of aryl methyl sites for hydroxylation is 3. The van der Waals surface area contributed by atoms with Crippen LogP contribution < -0.4 is 5.32 Å². The Morgan fingerprint density at radius 2 is 1.58 bits per heavy atom. The zero-order chi connectivity index (χ0) is 14.6.